The Hall–Kier alpha value is -2.49. The van der Waals surface area contributed by atoms with E-state index in [0.29, 0.717) is 109 Å². The molecule has 2 aromatic carbocycles. The van der Waals surface area contributed by atoms with Crippen LogP contribution >= 0.6 is 60.4 Å². The van der Waals surface area contributed by atoms with Gasteiger partial charge in [-0.25, -0.2) is 32.1 Å². The Kier molecular flexibility index (Phi) is 53.1. The lowest BCUT2D eigenvalue weighted by molar-refractivity contribution is -0.122. The summed E-state index contributed by atoms with van der Waals surface area (Å²) in [5, 5.41) is 21.9. The minimum Gasteiger partial charge on any atom is -0.390 e. The van der Waals surface area contributed by atoms with Crippen LogP contribution in [0, 0.1) is 0 Å². The molecule has 4 aliphatic heterocycles. The Morgan fingerprint density at radius 3 is 1.30 bits per heavy atom. The Bertz CT molecular complexity index is 4220. The Morgan fingerprint density at radius 2 is 0.822 bits per heavy atom. The van der Waals surface area contributed by atoms with Crippen LogP contribution in [0.2, 0.25) is 0 Å². The minimum absolute atomic E-state index is 0.0647. The lowest BCUT2D eigenvalue weighted by atomic mass is 9.95. The topological polar surface area (TPSA) is 612 Å². The van der Waals surface area contributed by atoms with Crippen LogP contribution in [-0.2, 0) is 193 Å². The summed E-state index contributed by atoms with van der Waals surface area (Å²) in [6, 6.07) is 15.5. The van der Waals surface area contributed by atoms with E-state index in [0.717, 1.165) is 22.4 Å². The number of anilines is 1. The molecule has 0 saturated carbocycles. The van der Waals surface area contributed by atoms with Gasteiger partial charge in [-0.3, -0.25) is 68.7 Å². The molecular formula is C71H121N5O43P8S2. The number of carbonyl (C=O) groups is 3. The molecule has 129 heavy (non-hydrogen) atoms. The number of nitrogens with zero attached hydrogens (tertiary/aromatic N) is 4. The van der Waals surface area contributed by atoms with Gasteiger partial charge in [0.2, 0.25) is 11.8 Å². The largest absolute Gasteiger partial charge is 0.472 e. The van der Waals surface area contributed by atoms with Crippen molar-refractivity contribution in [3.63, 3.8) is 0 Å². The Balaban J connectivity index is 0.601. The van der Waals surface area contributed by atoms with Gasteiger partial charge in [0.05, 0.1) is 215 Å². The lowest BCUT2D eigenvalue weighted by Gasteiger charge is -2.28. The number of fused-ring (bicyclic) bond motifs is 5. The van der Waals surface area contributed by atoms with Crippen molar-refractivity contribution in [2.45, 2.75) is 153 Å². The predicted octanol–water partition coefficient (Wildman–Crippen LogP) is 7.71. The molecule has 740 valence electrons. The van der Waals surface area contributed by atoms with E-state index in [9.17, 15) is 86.0 Å². The van der Waals surface area contributed by atoms with Crippen molar-refractivity contribution >= 4 is 107 Å². The first-order valence-corrected chi connectivity index (χ1v) is 55.9. The van der Waals surface area contributed by atoms with Crippen LogP contribution < -0.4 is 10.2 Å². The molecule has 2 amide bonds. The van der Waals surface area contributed by atoms with Crippen LogP contribution in [-0.4, -0.2) is 312 Å². The molecule has 48 nitrogen and oxygen atoms in total. The summed E-state index contributed by atoms with van der Waals surface area (Å²) in [7, 11) is -27.9. The summed E-state index contributed by atoms with van der Waals surface area (Å²) in [4.78, 5) is 121. The molecule has 4 aliphatic rings. The molecule has 3 fully saturated rings. The number of benzene rings is 2. The molecule has 8 unspecified atom stereocenters. The maximum absolute atomic E-state index is 14.0. The number of para-hydroxylation sites is 1. The number of ether oxygens (including phenoxy) is 9. The van der Waals surface area contributed by atoms with Gasteiger partial charge in [-0.2, -0.15) is 0 Å². The van der Waals surface area contributed by atoms with Gasteiger partial charge in [0.1, 0.15) is 29.8 Å². The molecule has 7 rings (SSSR count). The van der Waals surface area contributed by atoms with E-state index in [2.05, 4.69) is 15.6 Å². The van der Waals surface area contributed by atoms with Crippen LogP contribution in [0.15, 0.2) is 48.5 Å². The molecule has 1 aromatic heterocycles. The molecule has 10 N–H and O–H groups in total. The number of aromatic nitrogens is 3. The second-order valence-corrected chi connectivity index (χ2v) is 42.7. The number of carbonyl (C=O) groups excluding carboxylic acids is 3. The molecule has 0 radical (unpaired) electrons. The second-order valence-electron chi connectivity index (χ2n) is 28.4. The van der Waals surface area contributed by atoms with Crippen LogP contribution in [0.1, 0.15) is 109 Å². The molecule has 0 bridgehead atoms. The number of aliphatic hydroxyl groups excluding tert-OH is 1. The third-order valence-electron chi connectivity index (χ3n) is 18.5. The van der Waals surface area contributed by atoms with Gasteiger partial charge < -0.3 is 115 Å². The number of nitrogens with one attached hydrogen (secondary N) is 1. The average Bonchev–Trinajstić information content (AvgIpc) is 1.66. The SMILES string of the molecule is CCC(=O)CCOCCOCCOCCn1nnc2c1-c1ccccc1CN(C(=O)CCCCC(=O)NCCOCCOCCOCCOP(=O)(O)OCCCCOP(=O)(O)OCCCOP(=O)(O)OCCCOP(=O)(O)OCCCOP(=O)(O)OCCCOP(=O)(O)OC[C@@H]1OCC[C@@H]1OP(O)(=S)OC[C@H]1OCC[C@H]1OP(O)(=S)OC[C@@H]1OCC[C@@H]1O)c1ccccc1-2. The summed E-state index contributed by atoms with van der Waals surface area (Å²) in [6.45, 7) is -7.05. The average molecular weight is 2040 g/mol. The van der Waals surface area contributed by atoms with E-state index in [4.69, 9.17) is 139 Å². The highest BCUT2D eigenvalue weighted by Gasteiger charge is 2.41. The second kappa shape index (κ2) is 60.4. The van der Waals surface area contributed by atoms with Gasteiger partial charge in [0, 0.05) is 76.0 Å². The zero-order valence-electron chi connectivity index (χ0n) is 71.4. The summed E-state index contributed by atoms with van der Waals surface area (Å²) in [5.74, 6) is -0.0979. The molecule has 0 aliphatic carbocycles. The van der Waals surface area contributed by atoms with Crippen molar-refractivity contribution in [3.05, 3.63) is 54.1 Å². The van der Waals surface area contributed by atoms with Crippen LogP contribution in [0.4, 0.5) is 5.69 Å². The molecule has 0 spiro atoms. The van der Waals surface area contributed by atoms with Gasteiger partial charge >= 0.3 is 60.4 Å². The van der Waals surface area contributed by atoms with E-state index < -0.39 is 156 Å². The third kappa shape index (κ3) is 47.2. The van der Waals surface area contributed by atoms with Crippen molar-refractivity contribution in [1.82, 2.24) is 20.3 Å². The van der Waals surface area contributed by atoms with E-state index in [1.54, 1.807) is 4.90 Å². The molecule has 14 atom stereocenters. The number of unbranched alkanes of at least 4 members (excludes halogenated alkanes) is 2. The first kappa shape index (κ1) is 113. The van der Waals surface area contributed by atoms with Gasteiger partial charge in [0.15, 0.2) is 0 Å². The smallest absolute Gasteiger partial charge is 0.390 e. The number of phosphoric ester groups is 6. The highest BCUT2D eigenvalue weighted by atomic mass is 32.5. The van der Waals surface area contributed by atoms with E-state index in [1.165, 1.54) is 0 Å². The third-order valence-corrected chi connectivity index (χ3v) is 27.7. The number of Topliss-reactive ketones (excluding diaryl/α,β-unsaturated/α-hetero) is 1. The first-order valence-electron chi connectivity index (χ1n) is 41.8. The maximum atomic E-state index is 14.0. The summed E-state index contributed by atoms with van der Waals surface area (Å²) >= 11 is 10.3. The monoisotopic (exact) mass is 2040 g/mol. The Morgan fingerprint density at radius 1 is 0.434 bits per heavy atom. The normalized spacial score (nSPS) is 21.4. The maximum Gasteiger partial charge on any atom is 0.472 e. The minimum atomic E-state index is -4.75. The zero-order chi connectivity index (χ0) is 93.5. The molecular weight excluding hydrogens is 1920 g/mol. The fourth-order valence-electron chi connectivity index (χ4n) is 12.0. The highest BCUT2D eigenvalue weighted by Crippen LogP contribution is 2.53. The van der Waals surface area contributed by atoms with Crippen molar-refractivity contribution in [2.75, 3.05) is 203 Å². The number of hydrogen-bond acceptors (Lipinski definition) is 39. The van der Waals surface area contributed by atoms with Crippen molar-refractivity contribution in [1.29, 1.82) is 0 Å². The molecule has 58 heteroatoms. The quantitative estimate of drug-likeness (QED) is 0.0191. The van der Waals surface area contributed by atoms with Gasteiger partial charge in [0.25, 0.3) is 0 Å². The number of amides is 2. The van der Waals surface area contributed by atoms with Crippen molar-refractivity contribution < 1.29 is 201 Å². The highest BCUT2D eigenvalue weighted by molar-refractivity contribution is 8.07. The number of ketones is 1. The fraction of sp³-hybridized carbons (Fsp3) is 0.761. The van der Waals surface area contributed by atoms with E-state index >= 15 is 0 Å². The summed E-state index contributed by atoms with van der Waals surface area (Å²) in [6.07, 6.45) is -2.46. The predicted molar refractivity (Wildman–Crippen MR) is 460 cm³/mol. The van der Waals surface area contributed by atoms with Crippen LogP contribution in [0.3, 0.4) is 0 Å². The number of hydrogen-bond donors (Lipinski definition) is 10. The number of phosphoric acid groups is 6. The first-order chi connectivity index (χ1) is 61.5. The zero-order valence-corrected chi connectivity index (χ0v) is 80.2. The van der Waals surface area contributed by atoms with E-state index in [1.807, 2.05) is 60.1 Å². The van der Waals surface area contributed by atoms with E-state index in [-0.39, 0.29) is 168 Å². The standard InChI is InChI=1S/C71H121N5O43P8S2/c1-2-58(77)21-37-95-43-46-98-48-45-97-42-26-76-71-59-16-4-3-15-57(59)53-75(61-18-6-5-17-60(61)70(71)73-74-76)69(80)20-8-7-19-68(79)72-25-41-96-44-47-99-49-50-100-51-52-114-124(89,90)105-28-10-9-27-104-120(81,82)106-29-11-30-107-121(83,84)108-31-12-32-109-122(85,86)110-33-13-34-111-123(87,88)112-35-14-36-113-125(91,92)115-55-66-63(23-39-102-66)118-127(94,129)117-56-67-64(24-40-103-67)119-126(93,128)116-54-65-62(78)22-38-101-65/h3-6,15-18,62-67,78H,2,7-14,19-56H2,1H3,(H,72,79)(H,81,82)(H,83,84)(H,85,86)(H,87,88)(H,89,90)(H,91,92)(H,93,128)(H,94,129)/t62-,63-,64+,65-,66-,67+,126?,127?/m0/s1. The number of rotatable bonds is 75. The lowest BCUT2D eigenvalue weighted by Crippen LogP contribution is -2.32. The van der Waals surface area contributed by atoms with Gasteiger partial charge in [-0.1, -0.05) is 54.6 Å². The summed E-state index contributed by atoms with van der Waals surface area (Å²) < 4.78 is 206. The molecule has 3 saturated heterocycles. The molecule has 3 aromatic rings. The van der Waals surface area contributed by atoms with Crippen LogP contribution in [0.5, 0.6) is 0 Å². The van der Waals surface area contributed by atoms with Gasteiger partial charge in [-0.15, -0.1) is 5.10 Å². The molecule has 5 heterocycles. The summed E-state index contributed by atoms with van der Waals surface area (Å²) in [5.41, 5.74) is 4.77. The van der Waals surface area contributed by atoms with Crippen molar-refractivity contribution in [2.24, 2.45) is 0 Å². The van der Waals surface area contributed by atoms with Crippen molar-refractivity contribution in [3.8, 4) is 22.5 Å². The Labute approximate surface area is 757 Å². The van der Waals surface area contributed by atoms with Crippen LogP contribution in [0.25, 0.3) is 22.5 Å². The number of aliphatic hydroxyl groups is 1. The fourth-order valence-corrected chi connectivity index (χ4v) is 19.7. The van der Waals surface area contributed by atoms with Gasteiger partial charge in [-0.05, 0) is 93.0 Å².